The molecule has 3 heterocycles. The van der Waals surface area contributed by atoms with Gasteiger partial charge in [0, 0.05) is 38.4 Å². The average molecular weight is 437 g/mol. The van der Waals surface area contributed by atoms with Crippen LogP contribution in [-0.2, 0) is 9.59 Å². The van der Waals surface area contributed by atoms with Gasteiger partial charge >= 0.3 is 0 Å². The normalized spacial score (nSPS) is 17.0. The quantitative estimate of drug-likeness (QED) is 0.644. The molecule has 2 aliphatic heterocycles. The molecule has 2 aromatic rings. The minimum absolute atomic E-state index is 0.238. The number of imide groups is 1. The number of rotatable bonds is 6. The number of methoxy groups -OCH3 is 2. The molecule has 2 amide bonds. The highest BCUT2D eigenvalue weighted by Crippen LogP contribution is 2.37. The monoisotopic (exact) mass is 436 g/mol. The molecule has 0 unspecified atom stereocenters. The van der Waals surface area contributed by atoms with Gasteiger partial charge in [-0.1, -0.05) is 12.1 Å². The number of aromatic nitrogens is 1. The fourth-order valence-electron chi connectivity index (χ4n) is 4.25. The first-order chi connectivity index (χ1) is 15.5. The Morgan fingerprint density at radius 3 is 2.16 bits per heavy atom. The molecule has 8 heteroatoms. The molecule has 1 aromatic carbocycles. The first-order valence-electron chi connectivity index (χ1n) is 10.7. The van der Waals surface area contributed by atoms with Gasteiger partial charge in [-0.3, -0.25) is 14.5 Å². The summed E-state index contributed by atoms with van der Waals surface area (Å²) in [6, 6.07) is 10.9. The molecule has 8 nitrogen and oxygen atoms in total. The summed E-state index contributed by atoms with van der Waals surface area (Å²) in [7, 11) is 3.11. The van der Waals surface area contributed by atoms with E-state index in [0.717, 1.165) is 5.82 Å². The van der Waals surface area contributed by atoms with E-state index in [2.05, 4.69) is 9.88 Å². The SMILES string of the molecule is COc1ccc(C2=C(N3CCN(c4ccccn4)CC3)C(=O)N(C(C)C)C2=O)cc1OC. The van der Waals surface area contributed by atoms with Gasteiger partial charge in [0.1, 0.15) is 11.5 Å². The molecule has 1 saturated heterocycles. The van der Waals surface area contributed by atoms with Crippen LogP contribution in [0.2, 0.25) is 0 Å². The van der Waals surface area contributed by atoms with Crippen molar-refractivity contribution >= 4 is 23.2 Å². The highest BCUT2D eigenvalue weighted by atomic mass is 16.5. The molecule has 0 atom stereocenters. The maximum atomic E-state index is 13.4. The summed E-state index contributed by atoms with van der Waals surface area (Å²) in [4.78, 5) is 36.7. The Labute approximate surface area is 188 Å². The van der Waals surface area contributed by atoms with Crippen molar-refractivity contribution in [1.82, 2.24) is 14.8 Å². The Bertz CT molecular complexity index is 1040. The average Bonchev–Trinajstić information content (AvgIpc) is 3.09. The minimum atomic E-state index is -0.278. The summed E-state index contributed by atoms with van der Waals surface area (Å²) in [5, 5.41) is 0. The molecular weight excluding hydrogens is 408 g/mol. The summed E-state index contributed by atoms with van der Waals surface area (Å²) < 4.78 is 10.8. The minimum Gasteiger partial charge on any atom is -0.493 e. The van der Waals surface area contributed by atoms with E-state index in [-0.39, 0.29) is 17.9 Å². The lowest BCUT2D eigenvalue weighted by Crippen LogP contribution is -2.48. The summed E-state index contributed by atoms with van der Waals surface area (Å²) in [6.07, 6.45) is 1.78. The second-order valence-electron chi connectivity index (χ2n) is 8.03. The number of amides is 2. The molecule has 1 fully saturated rings. The van der Waals surface area contributed by atoms with Gasteiger partial charge in [-0.25, -0.2) is 4.98 Å². The van der Waals surface area contributed by atoms with E-state index in [1.54, 1.807) is 38.6 Å². The number of carbonyl (C=O) groups excluding carboxylic acids is 2. The van der Waals surface area contributed by atoms with Gasteiger partial charge < -0.3 is 19.3 Å². The molecule has 4 rings (SSSR count). The van der Waals surface area contributed by atoms with Gasteiger partial charge in [0.2, 0.25) is 0 Å². The number of benzene rings is 1. The number of hydrogen-bond acceptors (Lipinski definition) is 7. The van der Waals surface area contributed by atoms with Crippen LogP contribution in [0.3, 0.4) is 0 Å². The van der Waals surface area contributed by atoms with Gasteiger partial charge in [0.15, 0.2) is 11.5 Å². The van der Waals surface area contributed by atoms with E-state index >= 15 is 0 Å². The van der Waals surface area contributed by atoms with Crippen LogP contribution in [0.5, 0.6) is 11.5 Å². The fraction of sp³-hybridized carbons (Fsp3) is 0.375. The molecule has 0 spiro atoms. The van der Waals surface area contributed by atoms with Crippen molar-refractivity contribution in [3.05, 3.63) is 53.9 Å². The van der Waals surface area contributed by atoms with Crippen LogP contribution >= 0.6 is 0 Å². The number of carbonyl (C=O) groups is 2. The van der Waals surface area contributed by atoms with Crippen molar-refractivity contribution in [3.8, 4) is 11.5 Å². The zero-order valence-electron chi connectivity index (χ0n) is 18.9. The van der Waals surface area contributed by atoms with Crippen molar-refractivity contribution in [3.63, 3.8) is 0 Å². The van der Waals surface area contributed by atoms with E-state index in [1.165, 1.54) is 4.90 Å². The smallest absolute Gasteiger partial charge is 0.278 e. The predicted molar refractivity (Wildman–Crippen MR) is 121 cm³/mol. The molecule has 2 aliphatic rings. The number of anilines is 1. The number of hydrogen-bond donors (Lipinski definition) is 0. The predicted octanol–water partition coefficient (Wildman–Crippen LogP) is 2.41. The first-order valence-corrected chi connectivity index (χ1v) is 10.7. The van der Waals surface area contributed by atoms with Gasteiger partial charge in [0.05, 0.1) is 19.8 Å². The van der Waals surface area contributed by atoms with E-state index in [4.69, 9.17) is 9.47 Å². The second kappa shape index (κ2) is 8.90. The van der Waals surface area contributed by atoms with Crippen LogP contribution in [0.1, 0.15) is 19.4 Å². The molecule has 168 valence electrons. The second-order valence-corrected chi connectivity index (χ2v) is 8.03. The highest BCUT2D eigenvalue weighted by molar-refractivity contribution is 6.35. The van der Waals surface area contributed by atoms with Gasteiger partial charge in [0.25, 0.3) is 11.8 Å². The Hall–Kier alpha value is -3.55. The lowest BCUT2D eigenvalue weighted by Gasteiger charge is -2.37. The largest absolute Gasteiger partial charge is 0.493 e. The van der Waals surface area contributed by atoms with Crippen LogP contribution in [-0.4, -0.2) is 73.0 Å². The number of ether oxygens (including phenoxy) is 2. The van der Waals surface area contributed by atoms with Crippen molar-refractivity contribution in [2.75, 3.05) is 45.3 Å². The summed E-state index contributed by atoms with van der Waals surface area (Å²) in [5.74, 6) is 1.47. The third kappa shape index (κ3) is 3.77. The van der Waals surface area contributed by atoms with E-state index in [1.807, 2.05) is 36.9 Å². The van der Waals surface area contributed by atoms with Crippen molar-refractivity contribution in [2.24, 2.45) is 0 Å². The van der Waals surface area contributed by atoms with Gasteiger partial charge in [-0.2, -0.15) is 0 Å². The molecule has 0 N–H and O–H groups in total. The Morgan fingerprint density at radius 1 is 0.875 bits per heavy atom. The molecule has 0 saturated carbocycles. The van der Waals surface area contributed by atoms with Crippen LogP contribution < -0.4 is 14.4 Å². The van der Waals surface area contributed by atoms with Gasteiger partial charge in [-0.15, -0.1) is 0 Å². The lowest BCUT2D eigenvalue weighted by atomic mass is 10.0. The molecule has 32 heavy (non-hydrogen) atoms. The molecule has 0 bridgehead atoms. The van der Waals surface area contributed by atoms with Crippen molar-refractivity contribution < 1.29 is 19.1 Å². The fourth-order valence-corrected chi connectivity index (χ4v) is 4.25. The summed E-state index contributed by atoms with van der Waals surface area (Å²) in [5.41, 5.74) is 1.51. The number of nitrogens with zero attached hydrogens (tertiary/aromatic N) is 4. The third-order valence-corrected chi connectivity index (χ3v) is 5.85. The van der Waals surface area contributed by atoms with E-state index < -0.39 is 0 Å². The molecular formula is C24H28N4O4. The topological polar surface area (TPSA) is 75.2 Å². The molecule has 0 aliphatic carbocycles. The van der Waals surface area contributed by atoms with Gasteiger partial charge in [-0.05, 0) is 43.7 Å². The molecule has 0 radical (unpaired) electrons. The van der Waals surface area contributed by atoms with E-state index in [0.29, 0.717) is 54.5 Å². The zero-order chi connectivity index (χ0) is 22.8. The van der Waals surface area contributed by atoms with Crippen LogP contribution in [0, 0.1) is 0 Å². The van der Waals surface area contributed by atoms with Crippen LogP contribution in [0.4, 0.5) is 5.82 Å². The number of pyridine rings is 1. The zero-order valence-corrected chi connectivity index (χ0v) is 18.9. The molecule has 1 aromatic heterocycles. The maximum absolute atomic E-state index is 13.4. The van der Waals surface area contributed by atoms with E-state index in [9.17, 15) is 9.59 Å². The van der Waals surface area contributed by atoms with Crippen molar-refractivity contribution in [2.45, 2.75) is 19.9 Å². The summed E-state index contributed by atoms with van der Waals surface area (Å²) in [6.45, 7) is 6.36. The number of piperazine rings is 1. The Kier molecular flexibility index (Phi) is 6.03. The first kappa shape index (κ1) is 21.7. The van der Waals surface area contributed by atoms with Crippen LogP contribution in [0.15, 0.2) is 48.3 Å². The Balaban J connectivity index is 1.70. The van der Waals surface area contributed by atoms with Crippen molar-refractivity contribution in [1.29, 1.82) is 0 Å². The maximum Gasteiger partial charge on any atom is 0.278 e. The Morgan fingerprint density at radius 2 is 1.56 bits per heavy atom. The standard InChI is InChI=1S/C24H28N4O4/c1-16(2)28-23(29)21(17-8-9-18(31-3)19(15-17)32-4)22(24(28)30)27-13-11-26(12-14-27)20-7-5-6-10-25-20/h5-10,15-16H,11-14H2,1-4H3. The lowest BCUT2D eigenvalue weighted by molar-refractivity contribution is -0.139. The van der Waals surface area contributed by atoms with Crippen LogP contribution in [0.25, 0.3) is 5.57 Å². The highest BCUT2D eigenvalue weighted by Gasteiger charge is 2.43. The summed E-state index contributed by atoms with van der Waals surface area (Å²) >= 11 is 0. The third-order valence-electron chi connectivity index (χ3n) is 5.85.